The molecular weight excluding hydrogens is 342 g/mol. The van der Waals surface area contributed by atoms with Crippen LogP contribution in [-0.2, 0) is 11.2 Å². The molecule has 2 amide bonds. The van der Waals surface area contributed by atoms with E-state index in [1.54, 1.807) is 30.1 Å². The summed E-state index contributed by atoms with van der Waals surface area (Å²) in [7, 11) is 1.68. The van der Waals surface area contributed by atoms with E-state index in [-0.39, 0.29) is 36.6 Å². The van der Waals surface area contributed by atoms with Gasteiger partial charge in [-0.3, -0.25) is 14.4 Å². The first-order valence-corrected chi connectivity index (χ1v) is 8.03. The van der Waals surface area contributed by atoms with Crippen LogP contribution < -0.4 is 10.2 Å². The van der Waals surface area contributed by atoms with E-state index >= 15 is 0 Å². The van der Waals surface area contributed by atoms with Crippen LogP contribution in [0.3, 0.4) is 0 Å². The van der Waals surface area contributed by atoms with Crippen LogP contribution in [0.4, 0.5) is 14.5 Å². The second-order valence-corrected chi connectivity index (χ2v) is 6.03. The average molecular weight is 358 g/mol. The van der Waals surface area contributed by atoms with E-state index in [4.69, 9.17) is 0 Å². The Balaban J connectivity index is 1.59. The van der Waals surface area contributed by atoms with Crippen LogP contribution in [0.5, 0.6) is 0 Å². The van der Waals surface area contributed by atoms with E-state index in [1.165, 1.54) is 0 Å². The SMILES string of the molecule is CN1C(=O)Cc2cc(C(=O)CCNC(=O)c3ccc(F)cc3F)ccc21. The number of hydrogen-bond donors (Lipinski definition) is 1. The second kappa shape index (κ2) is 7.03. The number of rotatable bonds is 5. The van der Waals surface area contributed by atoms with Crippen LogP contribution in [0, 0.1) is 11.6 Å². The molecule has 26 heavy (non-hydrogen) atoms. The minimum atomic E-state index is -0.957. The smallest absolute Gasteiger partial charge is 0.254 e. The van der Waals surface area contributed by atoms with Gasteiger partial charge < -0.3 is 10.2 Å². The van der Waals surface area contributed by atoms with Gasteiger partial charge in [0.1, 0.15) is 11.6 Å². The maximum atomic E-state index is 13.5. The van der Waals surface area contributed by atoms with Gasteiger partial charge in [0.05, 0.1) is 12.0 Å². The van der Waals surface area contributed by atoms with Crippen LogP contribution in [0.15, 0.2) is 36.4 Å². The zero-order valence-electron chi connectivity index (χ0n) is 14.0. The van der Waals surface area contributed by atoms with Crippen molar-refractivity contribution in [1.82, 2.24) is 5.32 Å². The van der Waals surface area contributed by atoms with Crippen LogP contribution in [0.1, 0.15) is 32.7 Å². The molecule has 0 fully saturated rings. The highest BCUT2D eigenvalue weighted by atomic mass is 19.1. The lowest BCUT2D eigenvalue weighted by Gasteiger charge is -2.10. The lowest BCUT2D eigenvalue weighted by Crippen LogP contribution is -2.27. The number of likely N-dealkylation sites (N-methyl/N-ethyl adjacent to an activating group) is 1. The Hall–Kier alpha value is -3.09. The molecule has 2 aromatic rings. The lowest BCUT2D eigenvalue weighted by molar-refractivity contribution is -0.117. The van der Waals surface area contributed by atoms with Gasteiger partial charge in [0.15, 0.2) is 5.78 Å². The normalized spacial score (nSPS) is 12.9. The summed E-state index contributed by atoms with van der Waals surface area (Å²) >= 11 is 0. The molecule has 5 nitrogen and oxygen atoms in total. The summed E-state index contributed by atoms with van der Waals surface area (Å²) in [6.07, 6.45) is 0.282. The number of carbonyl (C=O) groups excluding carboxylic acids is 3. The summed E-state index contributed by atoms with van der Waals surface area (Å²) in [5, 5.41) is 2.44. The number of Topliss-reactive ketones (excluding diaryl/α,β-unsaturated/α-hetero) is 1. The Morgan fingerprint density at radius 2 is 1.92 bits per heavy atom. The third-order valence-electron chi connectivity index (χ3n) is 4.29. The standard InChI is InChI=1S/C19H16F2N2O3/c1-23-16-5-2-11(8-12(16)9-18(23)25)17(24)6-7-22-19(26)14-4-3-13(20)10-15(14)21/h2-5,8,10H,6-7,9H2,1H3,(H,22,26). The molecule has 0 atom stereocenters. The second-order valence-electron chi connectivity index (χ2n) is 6.03. The van der Waals surface area contributed by atoms with Crippen molar-refractivity contribution in [2.75, 3.05) is 18.5 Å². The number of amides is 2. The summed E-state index contributed by atoms with van der Waals surface area (Å²) in [6, 6.07) is 7.71. The van der Waals surface area contributed by atoms with Gasteiger partial charge in [-0.25, -0.2) is 8.78 Å². The van der Waals surface area contributed by atoms with Gasteiger partial charge >= 0.3 is 0 Å². The topological polar surface area (TPSA) is 66.5 Å². The molecular formula is C19H16F2N2O3. The van der Waals surface area contributed by atoms with Crippen molar-refractivity contribution in [3.8, 4) is 0 Å². The minimum absolute atomic E-state index is 0.0183. The van der Waals surface area contributed by atoms with Crippen LogP contribution in [-0.4, -0.2) is 31.2 Å². The Morgan fingerprint density at radius 1 is 1.15 bits per heavy atom. The van der Waals surface area contributed by atoms with Gasteiger partial charge in [0.2, 0.25) is 5.91 Å². The number of ketones is 1. The first-order valence-electron chi connectivity index (χ1n) is 8.03. The molecule has 1 heterocycles. The third-order valence-corrected chi connectivity index (χ3v) is 4.29. The number of nitrogens with one attached hydrogen (secondary N) is 1. The van der Waals surface area contributed by atoms with Crippen molar-refractivity contribution in [3.05, 3.63) is 64.7 Å². The summed E-state index contributed by atoms with van der Waals surface area (Å²) in [4.78, 5) is 37.4. The Kier molecular flexibility index (Phi) is 4.79. The first-order chi connectivity index (χ1) is 12.4. The van der Waals surface area contributed by atoms with Crippen molar-refractivity contribution < 1.29 is 23.2 Å². The fraction of sp³-hybridized carbons (Fsp3) is 0.211. The molecule has 0 radical (unpaired) electrons. The number of fused-ring (bicyclic) bond motifs is 1. The minimum Gasteiger partial charge on any atom is -0.351 e. The Morgan fingerprint density at radius 3 is 2.65 bits per heavy atom. The zero-order chi connectivity index (χ0) is 18.8. The fourth-order valence-corrected chi connectivity index (χ4v) is 2.85. The maximum Gasteiger partial charge on any atom is 0.254 e. The lowest BCUT2D eigenvalue weighted by atomic mass is 10.0. The zero-order valence-corrected chi connectivity index (χ0v) is 14.0. The molecule has 2 aromatic carbocycles. The number of anilines is 1. The average Bonchev–Trinajstić information content (AvgIpc) is 2.88. The number of nitrogens with zero attached hydrogens (tertiary/aromatic N) is 1. The van der Waals surface area contributed by atoms with Crippen molar-refractivity contribution in [2.45, 2.75) is 12.8 Å². The molecule has 1 aliphatic heterocycles. The molecule has 7 heteroatoms. The van der Waals surface area contributed by atoms with Crippen molar-refractivity contribution in [2.24, 2.45) is 0 Å². The molecule has 1 N–H and O–H groups in total. The number of halogens is 2. The van der Waals surface area contributed by atoms with Gasteiger partial charge in [-0.15, -0.1) is 0 Å². The van der Waals surface area contributed by atoms with Crippen LogP contribution >= 0.6 is 0 Å². The Labute approximate surface area is 148 Å². The van der Waals surface area contributed by atoms with E-state index in [2.05, 4.69) is 5.32 Å². The van der Waals surface area contributed by atoms with Gasteiger partial charge in [0.25, 0.3) is 5.91 Å². The summed E-state index contributed by atoms with van der Waals surface area (Å²) in [5.41, 5.74) is 1.75. The molecule has 1 aliphatic rings. The Bertz CT molecular complexity index is 912. The van der Waals surface area contributed by atoms with Crippen LogP contribution in [0.2, 0.25) is 0 Å². The predicted octanol–water partition coefficient (Wildman–Crippen LogP) is 2.49. The van der Waals surface area contributed by atoms with Crippen molar-refractivity contribution in [3.63, 3.8) is 0 Å². The molecule has 0 bridgehead atoms. The number of benzene rings is 2. The van der Waals surface area contributed by atoms with E-state index in [1.807, 2.05) is 0 Å². The number of carbonyl (C=O) groups is 3. The highest BCUT2D eigenvalue weighted by molar-refractivity contribution is 6.03. The summed E-state index contributed by atoms with van der Waals surface area (Å²) in [5.74, 6) is -2.67. The molecule has 0 unspecified atom stereocenters. The van der Waals surface area contributed by atoms with Crippen molar-refractivity contribution in [1.29, 1.82) is 0 Å². The first kappa shape index (κ1) is 17.7. The molecule has 0 saturated heterocycles. The highest BCUT2D eigenvalue weighted by Crippen LogP contribution is 2.28. The highest BCUT2D eigenvalue weighted by Gasteiger charge is 2.24. The van der Waals surface area contributed by atoms with Gasteiger partial charge in [-0.1, -0.05) is 0 Å². The monoisotopic (exact) mass is 358 g/mol. The van der Waals surface area contributed by atoms with Gasteiger partial charge in [0, 0.05) is 37.3 Å². The summed E-state index contributed by atoms with van der Waals surface area (Å²) < 4.78 is 26.4. The summed E-state index contributed by atoms with van der Waals surface area (Å²) in [6.45, 7) is 0.0183. The van der Waals surface area contributed by atoms with E-state index in [0.717, 1.165) is 23.4 Å². The van der Waals surface area contributed by atoms with E-state index in [9.17, 15) is 23.2 Å². The van der Waals surface area contributed by atoms with Crippen molar-refractivity contribution >= 4 is 23.3 Å². The van der Waals surface area contributed by atoms with Gasteiger partial charge in [-0.2, -0.15) is 0 Å². The number of hydrogen-bond acceptors (Lipinski definition) is 3. The molecule has 134 valence electrons. The van der Waals surface area contributed by atoms with Gasteiger partial charge in [-0.05, 0) is 35.9 Å². The largest absolute Gasteiger partial charge is 0.351 e. The quantitative estimate of drug-likeness (QED) is 0.835. The molecule has 0 saturated carbocycles. The van der Waals surface area contributed by atoms with Crippen LogP contribution in [0.25, 0.3) is 0 Å². The molecule has 0 aromatic heterocycles. The maximum absolute atomic E-state index is 13.5. The molecule has 3 rings (SSSR count). The predicted molar refractivity (Wildman–Crippen MR) is 91.2 cm³/mol. The molecule has 0 aliphatic carbocycles. The fourth-order valence-electron chi connectivity index (χ4n) is 2.85. The molecule has 0 spiro atoms. The third kappa shape index (κ3) is 3.46. The van der Waals surface area contributed by atoms with E-state index < -0.39 is 17.5 Å². The van der Waals surface area contributed by atoms with E-state index in [0.29, 0.717) is 11.6 Å².